The van der Waals surface area contributed by atoms with Crippen molar-refractivity contribution >= 4 is 11.8 Å². The predicted molar refractivity (Wildman–Crippen MR) is 128 cm³/mol. The van der Waals surface area contributed by atoms with E-state index in [9.17, 15) is 5.26 Å². The Morgan fingerprint density at radius 2 is 1.91 bits per heavy atom. The number of hydrogen-bond acceptors (Lipinski definition) is 4. The van der Waals surface area contributed by atoms with E-state index < -0.39 is 0 Å². The number of nitrogens with two attached hydrogens (primary N) is 1. The number of para-hydroxylation sites is 1. The van der Waals surface area contributed by atoms with Crippen LogP contribution in [0.15, 0.2) is 65.7 Å². The van der Waals surface area contributed by atoms with Crippen molar-refractivity contribution in [2.24, 2.45) is 4.99 Å². The Morgan fingerprint density at radius 3 is 2.59 bits per heavy atom. The summed E-state index contributed by atoms with van der Waals surface area (Å²) in [5, 5.41) is 17.7. The standard InChI is InChI=1S/C25H29N7/c1-28-25(31-16-14-20(18-31)19-9-4-2-5-10-19)29-15-8-13-23-22(17-26)24(27)32(30-23)21-11-6-3-7-12-21/h2-7,9-12,20H,8,13-16,18,27H2,1H3,(H,28,29). The van der Waals surface area contributed by atoms with Crippen LogP contribution in [0.4, 0.5) is 5.82 Å². The molecule has 0 aliphatic carbocycles. The summed E-state index contributed by atoms with van der Waals surface area (Å²) in [5.41, 5.74) is 9.64. The minimum atomic E-state index is 0.390. The van der Waals surface area contributed by atoms with Crippen molar-refractivity contribution in [1.82, 2.24) is 20.0 Å². The van der Waals surface area contributed by atoms with Crippen molar-refractivity contribution in [1.29, 1.82) is 5.26 Å². The van der Waals surface area contributed by atoms with Crippen molar-refractivity contribution in [3.63, 3.8) is 0 Å². The largest absolute Gasteiger partial charge is 0.382 e. The number of guanidine groups is 1. The number of aliphatic imine (C=N–C) groups is 1. The van der Waals surface area contributed by atoms with Crippen LogP contribution < -0.4 is 11.1 Å². The molecule has 7 nitrogen and oxygen atoms in total. The average molecular weight is 428 g/mol. The first kappa shape index (κ1) is 21.4. The van der Waals surface area contributed by atoms with Gasteiger partial charge in [-0.15, -0.1) is 0 Å². The number of nitrogens with zero attached hydrogens (tertiary/aromatic N) is 5. The Kier molecular flexibility index (Phi) is 6.71. The van der Waals surface area contributed by atoms with E-state index in [2.05, 4.69) is 56.7 Å². The molecule has 1 aromatic heterocycles. The van der Waals surface area contributed by atoms with Crippen LogP contribution in [0.1, 0.15) is 35.6 Å². The van der Waals surface area contributed by atoms with Gasteiger partial charge in [0.1, 0.15) is 17.5 Å². The van der Waals surface area contributed by atoms with E-state index in [1.165, 1.54) is 5.56 Å². The van der Waals surface area contributed by atoms with Gasteiger partial charge in [0.15, 0.2) is 5.96 Å². The molecule has 1 unspecified atom stereocenters. The van der Waals surface area contributed by atoms with Crippen molar-refractivity contribution in [3.05, 3.63) is 77.5 Å². The molecule has 1 aliphatic rings. The number of rotatable bonds is 6. The van der Waals surface area contributed by atoms with Gasteiger partial charge < -0.3 is 16.0 Å². The molecule has 2 aromatic carbocycles. The van der Waals surface area contributed by atoms with Crippen LogP contribution in [0.25, 0.3) is 5.69 Å². The Morgan fingerprint density at radius 1 is 1.19 bits per heavy atom. The number of nitrogens with one attached hydrogen (secondary N) is 1. The second-order valence-corrected chi connectivity index (χ2v) is 7.99. The topological polar surface area (TPSA) is 95.3 Å². The lowest BCUT2D eigenvalue weighted by atomic mass is 9.99. The first-order valence-electron chi connectivity index (χ1n) is 11.0. The lowest BCUT2D eigenvalue weighted by molar-refractivity contribution is 0.484. The number of aromatic nitrogens is 2. The van der Waals surface area contributed by atoms with Gasteiger partial charge in [-0.25, -0.2) is 4.68 Å². The second-order valence-electron chi connectivity index (χ2n) is 7.99. The van der Waals surface area contributed by atoms with Crippen molar-refractivity contribution in [2.75, 3.05) is 32.4 Å². The summed E-state index contributed by atoms with van der Waals surface area (Å²) in [4.78, 5) is 6.79. The number of likely N-dealkylation sites (tertiary alicyclic amines) is 1. The van der Waals surface area contributed by atoms with Crippen LogP contribution in [0.3, 0.4) is 0 Å². The number of nitriles is 1. The monoisotopic (exact) mass is 427 g/mol. The molecule has 2 heterocycles. The fourth-order valence-corrected chi connectivity index (χ4v) is 4.28. The summed E-state index contributed by atoms with van der Waals surface area (Å²) < 4.78 is 1.65. The fourth-order valence-electron chi connectivity index (χ4n) is 4.28. The smallest absolute Gasteiger partial charge is 0.193 e. The third kappa shape index (κ3) is 4.59. The molecule has 1 saturated heterocycles. The summed E-state index contributed by atoms with van der Waals surface area (Å²) in [6, 6.07) is 22.6. The first-order chi connectivity index (χ1) is 15.7. The van der Waals surface area contributed by atoms with Crippen LogP contribution in [0, 0.1) is 11.3 Å². The zero-order valence-electron chi connectivity index (χ0n) is 18.4. The van der Waals surface area contributed by atoms with Crippen LogP contribution in [0.2, 0.25) is 0 Å². The number of hydrogen-bond donors (Lipinski definition) is 2. The highest BCUT2D eigenvalue weighted by Gasteiger charge is 2.25. The molecule has 3 aromatic rings. The van der Waals surface area contributed by atoms with E-state index in [1.54, 1.807) is 4.68 Å². The third-order valence-corrected chi connectivity index (χ3v) is 5.95. The summed E-state index contributed by atoms with van der Waals surface area (Å²) in [5.74, 6) is 1.86. The van der Waals surface area contributed by atoms with Gasteiger partial charge in [-0.05, 0) is 37.0 Å². The Labute approximate surface area is 189 Å². The molecule has 32 heavy (non-hydrogen) atoms. The molecular weight excluding hydrogens is 398 g/mol. The van der Waals surface area contributed by atoms with Crippen LogP contribution in [0.5, 0.6) is 0 Å². The highest BCUT2D eigenvalue weighted by molar-refractivity contribution is 5.80. The van der Waals surface area contributed by atoms with Gasteiger partial charge in [0.05, 0.1) is 11.4 Å². The maximum atomic E-state index is 9.58. The summed E-state index contributed by atoms with van der Waals surface area (Å²) >= 11 is 0. The summed E-state index contributed by atoms with van der Waals surface area (Å²) in [6.07, 6.45) is 2.63. The van der Waals surface area contributed by atoms with E-state index in [0.29, 0.717) is 23.7 Å². The molecular formula is C25H29N7. The van der Waals surface area contributed by atoms with Gasteiger partial charge in [-0.2, -0.15) is 10.4 Å². The predicted octanol–water partition coefficient (Wildman–Crippen LogP) is 3.32. The Bertz CT molecular complexity index is 1100. The minimum Gasteiger partial charge on any atom is -0.382 e. The quantitative estimate of drug-likeness (QED) is 0.357. The average Bonchev–Trinajstić information content (AvgIpc) is 3.45. The second kappa shape index (κ2) is 10.0. The maximum absolute atomic E-state index is 9.58. The lowest BCUT2D eigenvalue weighted by Gasteiger charge is -2.21. The number of benzene rings is 2. The first-order valence-corrected chi connectivity index (χ1v) is 11.0. The summed E-state index contributed by atoms with van der Waals surface area (Å²) in [7, 11) is 1.83. The van der Waals surface area contributed by atoms with Crippen molar-refractivity contribution in [3.8, 4) is 11.8 Å². The van der Waals surface area contributed by atoms with E-state index in [1.807, 2.05) is 37.4 Å². The lowest BCUT2D eigenvalue weighted by Crippen LogP contribution is -2.40. The molecule has 1 fully saturated rings. The molecule has 0 saturated carbocycles. The molecule has 164 valence electrons. The minimum absolute atomic E-state index is 0.390. The van der Waals surface area contributed by atoms with E-state index in [0.717, 1.165) is 49.8 Å². The molecule has 3 N–H and O–H groups in total. The summed E-state index contributed by atoms with van der Waals surface area (Å²) in [6.45, 7) is 2.72. The normalized spacial score (nSPS) is 16.2. The molecule has 1 aliphatic heterocycles. The van der Waals surface area contributed by atoms with Crippen LogP contribution in [-0.2, 0) is 6.42 Å². The van der Waals surface area contributed by atoms with E-state index in [4.69, 9.17) is 5.73 Å². The van der Waals surface area contributed by atoms with Gasteiger partial charge in [-0.3, -0.25) is 4.99 Å². The van der Waals surface area contributed by atoms with Crippen molar-refractivity contribution in [2.45, 2.75) is 25.2 Å². The number of nitrogen functional groups attached to an aromatic ring is 1. The van der Waals surface area contributed by atoms with Gasteiger partial charge in [0, 0.05) is 32.6 Å². The van der Waals surface area contributed by atoms with Crippen LogP contribution >= 0.6 is 0 Å². The molecule has 1 atom stereocenters. The number of aryl methyl sites for hydroxylation is 1. The maximum Gasteiger partial charge on any atom is 0.193 e. The fraction of sp³-hybridized carbons (Fsp3) is 0.320. The van der Waals surface area contributed by atoms with Crippen molar-refractivity contribution < 1.29 is 0 Å². The Balaban J connectivity index is 1.33. The van der Waals surface area contributed by atoms with Gasteiger partial charge in [0.2, 0.25) is 0 Å². The van der Waals surface area contributed by atoms with Gasteiger partial charge in [-0.1, -0.05) is 48.5 Å². The SMILES string of the molecule is CN=C(NCCCc1nn(-c2ccccc2)c(N)c1C#N)N1CCC(c2ccccc2)C1. The molecule has 0 amide bonds. The molecule has 4 rings (SSSR count). The van der Waals surface area contributed by atoms with Crippen LogP contribution in [-0.4, -0.2) is 47.3 Å². The van der Waals surface area contributed by atoms with Gasteiger partial charge in [0.25, 0.3) is 0 Å². The molecule has 0 spiro atoms. The molecule has 0 radical (unpaired) electrons. The van der Waals surface area contributed by atoms with Gasteiger partial charge >= 0.3 is 0 Å². The Hall–Kier alpha value is -3.79. The molecule has 0 bridgehead atoms. The number of anilines is 1. The third-order valence-electron chi connectivity index (χ3n) is 5.95. The molecule has 7 heteroatoms. The zero-order chi connectivity index (χ0) is 22.3. The highest BCUT2D eigenvalue weighted by Crippen LogP contribution is 2.27. The zero-order valence-corrected chi connectivity index (χ0v) is 18.4. The van der Waals surface area contributed by atoms with E-state index in [-0.39, 0.29) is 0 Å². The highest BCUT2D eigenvalue weighted by atomic mass is 15.3. The van der Waals surface area contributed by atoms with E-state index >= 15 is 0 Å².